The number of ketones is 2. The van der Waals surface area contributed by atoms with Gasteiger partial charge in [-0.1, -0.05) is 72.8 Å². The molecule has 7 atom stereocenters. The molecule has 9 aromatic rings. The van der Waals surface area contributed by atoms with Crippen LogP contribution in [-0.4, -0.2) is 178 Å². The van der Waals surface area contributed by atoms with Crippen molar-refractivity contribution in [1.82, 2.24) is 59.7 Å². The Bertz CT molecular complexity index is 4540. The molecule has 3 saturated heterocycles. The third-order valence-corrected chi connectivity index (χ3v) is 20.1. The van der Waals surface area contributed by atoms with Gasteiger partial charge >= 0.3 is 29.6 Å². The number of aromatic nitrogens is 9. The van der Waals surface area contributed by atoms with Gasteiger partial charge in [-0.15, -0.1) is 0 Å². The Morgan fingerprint density at radius 3 is 1.26 bits per heavy atom. The van der Waals surface area contributed by atoms with Crippen molar-refractivity contribution in [1.29, 1.82) is 0 Å². The number of amides is 3. The fraction of sp³-hybridized carbons (Fsp3) is 0.382. The monoisotopic (exact) mass is 1420 g/mol. The summed E-state index contributed by atoms with van der Waals surface area (Å²) in [7, 11) is -3.56. The van der Waals surface area contributed by atoms with Crippen molar-refractivity contribution < 1.29 is 87.2 Å². The number of hydrogen-bond acceptors (Lipinski definition) is 18. The molecule has 6 aliphatic rings. The maximum Gasteiger partial charge on any atom is 1.00 e. The smallest absolute Gasteiger partial charge is 1.00 e. The molecule has 3 aliphatic carbocycles. The van der Waals surface area contributed by atoms with E-state index in [9.17, 15) is 42.6 Å². The Balaban J connectivity index is 0.000000166. The number of likely N-dealkylation sites (tertiary alicyclic amines) is 3. The Kier molecular flexibility index (Phi) is 25.9. The predicted octanol–water partition coefficient (Wildman–Crippen LogP) is 7.45. The van der Waals surface area contributed by atoms with Crippen LogP contribution in [0.2, 0.25) is 0 Å². The van der Waals surface area contributed by atoms with Gasteiger partial charge in [0.2, 0.25) is 0 Å². The van der Waals surface area contributed by atoms with Crippen molar-refractivity contribution in [3.63, 3.8) is 0 Å². The number of rotatable bonds is 12. The molecule has 2 N–H and O–H groups in total. The Hall–Kier alpha value is -9.18. The maximum atomic E-state index is 13.6. The number of phenols is 1. The SMILES string of the molecule is C[C@@H]1CC[C@@H](Oc2cccc3c2CCCC3=O)CN1C(=O)c1ccccc1-n1nccn1.C[C@@H]1CC[C@@H](Oc2cccc3c2CCCC3O)CN1C(=O)c1ccccc1-n1nccn1.C[C@@H]1CC[C@H](OS(C)(=O)=O)CN1C(=O)c1ccccc1-n1nccn1.O=C1CCCc2c(O)cccc21.[B].[H-].[Na+]. The molecule has 6 aromatic carbocycles. The fourth-order valence-electron chi connectivity index (χ4n) is 14.2. The van der Waals surface area contributed by atoms with E-state index in [1.165, 1.54) is 14.4 Å². The number of para-hydroxylation sites is 3. The third kappa shape index (κ3) is 18.3. The number of Topliss-reactive ketones (excluding diaryl/α,β-unsaturated/α-hetero) is 2. The van der Waals surface area contributed by atoms with Crippen molar-refractivity contribution in [2.75, 3.05) is 25.9 Å². The molecule has 3 amide bonds. The van der Waals surface area contributed by atoms with Gasteiger partial charge in [0.25, 0.3) is 27.8 Å². The van der Waals surface area contributed by atoms with E-state index in [0.29, 0.717) is 78.1 Å². The number of aliphatic hydroxyl groups is 1. The first-order valence-corrected chi connectivity index (χ1v) is 36.5. The molecule has 6 heterocycles. The average Bonchev–Trinajstić information content (AvgIpc) is 0.925. The van der Waals surface area contributed by atoms with Crippen molar-refractivity contribution in [2.24, 2.45) is 0 Å². The summed E-state index contributed by atoms with van der Waals surface area (Å²) in [5.74, 6) is 1.95. The normalized spacial score (nSPS) is 20.6. The van der Waals surface area contributed by atoms with E-state index in [4.69, 9.17) is 13.7 Å². The summed E-state index contributed by atoms with van der Waals surface area (Å²) in [6.45, 7) is 7.36. The summed E-state index contributed by atoms with van der Waals surface area (Å²) in [6.07, 6.45) is 21.4. The van der Waals surface area contributed by atoms with Crippen LogP contribution in [0.25, 0.3) is 17.1 Å². The Morgan fingerprint density at radius 1 is 0.456 bits per heavy atom. The van der Waals surface area contributed by atoms with Crippen molar-refractivity contribution in [2.45, 2.75) is 160 Å². The molecule has 27 heteroatoms. The number of fused-ring (bicyclic) bond motifs is 3. The topological polar surface area (TPSA) is 289 Å². The fourth-order valence-corrected chi connectivity index (χ4v) is 14.9. The molecular weight excluding hydrogens is 1340 g/mol. The van der Waals surface area contributed by atoms with E-state index in [1.807, 2.05) is 108 Å². The minimum atomic E-state index is -3.56. The van der Waals surface area contributed by atoms with Gasteiger partial charge in [0.05, 0.1) is 102 Å². The first-order valence-electron chi connectivity index (χ1n) is 34.7. The number of nitrogens with zero attached hydrogens (tertiary/aromatic N) is 12. The third-order valence-electron chi connectivity index (χ3n) is 19.5. The van der Waals surface area contributed by atoms with Crippen LogP contribution in [0.4, 0.5) is 0 Å². The van der Waals surface area contributed by atoms with Gasteiger partial charge in [-0.2, -0.15) is 53.4 Å². The Morgan fingerprint density at radius 2 is 0.825 bits per heavy atom. The molecule has 103 heavy (non-hydrogen) atoms. The number of benzene rings is 6. The molecule has 3 aromatic heterocycles. The number of aromatic hydroxyl groups is 1. The van der Waals surface area contributed by atoms with Crippen LogP contribution >= 0.6 is 0 Å². The summed E-state index contributed by atoms with van der Waals surface area (Å²) >= 11 is 0. The zero-order valence-electron chi connectivity index (χ0n) is 59.7. The average molecular weight is 1420 g/mol. The zero-order chi connectivity index (χ0) is 70.7. The zero-order valence-corrected chi connectivity index (χ0v) is 61.5. The summed E-state index contributed by atoms with van der Waals surface area (Å²) in [5, 5.41) is 44.7. The van der Waals surface area contributed by atoms with Gasteiger partial charge in [0.1, 0.15) is 29.5 Å². The maximum absolute atomic E-state index is 13.6. The molecule has 0 bridgehead atoms. The molecule has 3 aliphatic heterocycles. The summed E-state index contributed by atoms with van der Waals surface area (Å²) in [5.41, 5.74) is 8.94. The minimum absolute atomic E-state index is 0. The quantitative estimate of drug-likeness (QED) is 0.0886. The summed E-state index contributed by atoms with van der Waals surface area (Å²) in [6, 6.07) is 38.9. The number of carbonyl (C=O) groups excluding carboxylic acids is 5. The molecule has 0 saturated carbocycles. The molecule has 1 unspecified atom stereocenters. The first kappa shape index (κ1) is 76.5. The molecule has 3 fully saturated rings. The first-order chi connectivity index (χ1) is 48.9. The number of aliphatic hydroxyl groups excluding tert-OH is 1. The van der Waals surface area contributed by atoms with E-state index in [0.717, 1.165) is 116 Å². The van der Waals surface area contributed by atoms with Crippen molar-refractivity contribution >= 4 is 47.8 Å². The second kappa shape index (κ2) is 34.9. The molecule has 15 rings (SSSR count). The predicted molar refractivity (Wildman–Crippen MR) is 382 cm³/mol. The van der Waals surface area contributed by atoms with Crippen LogP contribution in [0.3, 0.4) is 0 Å². The second-order valence-electron chi connectivity index (χ2n) is 26.4. The summed E-state index contributed by atoms with van der Waals surface area (Å²) in [4.78, 5) is 73.6. The van der Waals surface area contributed by atoms with Crippen LogP contribution in [-0.2, 0) is 33.6 Å². The van der Waals surface area contributed by atoms with E-state index in [1.54, 1.807) is 78.5 Å². The standard InChI is InChI=1S/C25H28N4O3.C25H26N4O3.C16H20N4O4S.C10H10O2.B.Na.H/c2*1-17-12-13-18(32-24-11-5-7-19-20(24)8-4-10-23(19)30)16-28(17)25(31)21-6-2-3-9-22(21)29-26-14-15-27-29;1-12-7-8-13(24-25(2,22)23)11-19(12)16(21)14-5-3-4-6-15(14)20-17-9-10-18-20;11-9-5-1-3-7-8(9)4-2-6-10(7)12;;;/h2-3,5-7,9,11,14-15,17-18,23,30H,4,8,10,12-13,16H2,1H3;2-3,5-7,9,11,14-15,17-18H,4,8,10,12-13,16H2,1H3;3-6,9-10,12-13H,7-8,11H2,1-2H3;1,3,5,11H,2,4,6H2;;;/q;;;;;+1;-1/t17-,18-,23?;17-,18-;12-,13+;;;;/m111..../s1. The number of piperidine rings is 3. The van der Waals surface area contributed by atoms with Gasteiger partial charge in [-0.25, -0.2) is 0 Å². The van der Waals surface area contributed by atoms with Gasteiger partial charge in [-0.3, -0.25) is 28.2 Å². The molecular formula is C76H85BN12NaO12S. The van der Waals surface area contributed by atoms with Crippen LogP contribution in [0.5, 0.6) is 17.2 Å². The van der Waals surface area contributed by atoms with Gasteiger partial charge in [-0.05, 0) is 170 Å². The molecule has 0 spiro atoms. The van der Waals surface area contributed by atoms with E-state index < -0.39 is 22.3 Å². The molecule has 531 valence electrons. The van der Waals surface area contributed by atoms with E-state index in [-0.39, 0.29) is 111 Å². The van der Waals surface area contributed by atoms with E-state index >= 15 is 0 Å². The van der Waals surface area contributed by atoms with Crippen molar-refractivity contribution in [3.8, 4) is 34.3 Å². The molecule has 3 radical (unpaired) electrons. The van der Waals surface area contributed by atoms with Crippen LogP contribution in [0, 0.1) is 0 Å². The van der Waals surface area contributed by atoms with Gasteiger partial charge < -0.3 is 35.8 Å². The van der Waals surface area contributed by atoms with Gasteiger partial charge in [0.15, 0.2) is 11.6 Å². The van der Waals surface area contributed by atoms with E-state index in [2.05, 4.69) is 44.4 Å². The van der Waals surface area contributed by atoms with Gasteiger partial charge in [0, 0.05) is 68.2 Å². The second-order valence-corrected chi connectivity index (χ2v) is 28.0. The minimum Gasteiger partial charge on any atom is -1.00 e. The molecule has 24 nitrogen and oxygen atoms in total. The largest absolute Gasteiger partial charge is 1.00 e. The summed E-state index contributed by atoms with van der Waals surface area (Å²) < 4.78 is 40.7. The number of carbonyl (C=O) groups is 5. The number of phenolic OH excluding ortho intramolecular Hbond substituents is 1. The van der Waals surface area contributed by atoms with Crippen LogP contribution < -0.4 is 39.0 Å². The van der Waals surface area contributed by atoms with Crippen LogP contribution in [0.1, 0.15) is 179 Å². The number of ether oxygens (including phenoxy) is 2. The van der Waals surface area contributed by atoms with Crippen LogP contribution in [0.15, 0.2) is 165 Å². The Labute approximate surface area is 625 Å². The number of hydrogen-bond donors (Lipinski definition) is 2. The van der Waals surface area contributed by atoms with Crippen molar-refractivity contribution in [3.05, 3.63) is 215 Å².